The molecule has 1 aliphatic heterocycles. The first-order chi connectivity index (χ1) is 10.8. The van der Waals surface area contributed by atoms with E-state index >= 15 is 0 Å². The molecule has 0 bridgehead atoms. The van der Waals surface area contributed by atoms with Crippen LogP contribution in [0.4, 0.5) is 4.79 Å². The summed E-state index contributed by atoms with van der Waals surface area (Å²) in [5.41, 5.74) is 3.46. The molecular formula is C19H25ClN2O. The van der Waals surface area contributed by atoms with Crippen molar-refractivity contribution in [3.63, 3.8) is 0 Å². The molecule has 1 aromatic rings. The Kier molecular flexibility index (Phi) is 4.18. The van der Waals surface area contributed by atoms with Gasteiger partial charge in [-0.05, 0) is 60.3 Å². The number of carbonyl (C=O) groups is 1. The molecule has 0 radical (unpaired) electrons. The fourth-order valence-corrected chi connectivity index (χ4v) is 3.84. The van der Waals surface area contributed by atoms with Crippen LogP contribution < -0.4 is 10.6 Å². The van der Waals surface area contributed by atoms with E-state index in [0.29, 0.717) is 5.41 Å². The first-order valence-corrected chi connectivity index (χ1v) is 8.75. The lowest BCUT2D eigenvalue weighted by molar-refractivity contribution is 0.230. The zero-order chi connectivity index (χ0) is 16.7. The van der Waals surface area contributed by atoms with Gasteiger partial charge >= 0.3 is 6.03 Å². The van der Waals surface area contributed by atoms with Gasteiger partial charge in [-0.1, -0.05) is 44.5 Å². The Bertz CT molecular complexity index is 660. The normalized spacial score (nSPS) is 23.8. The van der Waals surface area contributed by atoms with Crippen molar-refractivity contribution < 1.29 is 4.79 Å². The molecule has 2 amide bonds. The summed E-state index contributed by atoms with van der Waals surface area (Å²) in [5, 5.41) is 6.71. The van der Waals surface area contributed by atoms with E-state index in [4.69, 9.17) is 11.6 Å². The molecule has 1 aliphatic carbocycles. The van der Waals surface area contributed by atoms with Crippen LogP contribution in [0.3, 0.4) is 0 Å². The van der Waals surface area contributed by atoms with Crippen molar-refractivity contribution in [1.82, 2.24) is 10.6 Å². The van der Waals surface area contributed by atoms with Gasteiger partial charge in [0.15, 0.2) is 0 Å². The summed E-state index contributed by atoms with van der Waals surface area (Å²) >= 11 is 6.55. The van der Waals surface area contributed by atoms with Crippen LogP contribution in [-0.2, 0) is 12.0 Å². The van der Waals surface area contributed by atoms with Gasteiger partial charge in [-0.15, -0.1) is 0 Å². The summed E-state index contributed by atoms with van der Waals surface area (Å²) in [6, 6.07) is 6.17. The third-order valence-corrected chi connectivity index (χ3v) is 5.29. The van der Waals surface area contributed by atoms with Gasteiger partial charge in [0, 0.05) is 11.2 Å². The highest BCUT2D eigenvalue weighted by atomic mass is 35.5. The Balaban J connectivity index is 1.89. The number of halogens is 1. The number of benzene rings is 1. The highest BCUT2D eigenvalue weighted by Gasteiger charge is 2.43. The zero-order valence-corrected chi connectivity index (χ0v) is 14.9. The number of urea groups is 1. The molecule has 2 N–H and O–H groups in total. The van der Waals surface area contributed by atoms with Crippen LogP contribution in [0.5, 0.6) is 0 Å². The number of fused-ring (bicyclic) bond motifs is 1. The Morgan fingerprint density at radius 2 is 2.09 bits per heavy atom. The maximum absolute atomic E-state index is 11.8. The summed E-state index contributed by atoms with van der Waals surface area (Å²) in [6.45, 7) is 6.73. The SMILES string of the molecule is CC(C)(C)CCc1ccc(C23CCCC2=CNC(=O)N3)cc1Cl. The first kappa shape index (κ1) is 16.4. The molecule has 3 rings (SSSR count). The van der Waals surface area contributed by atoms with E-state index in [9.17, 15) is 4.79 Å². The van der Waals surface area contributed by atoms with Crippen molar-refractivity contribution in [2.75, 3.05) is 0 Å². The van der Waals surface area contributed by atoms with Crippen LogP contribution in [0, 0.1) is 5.41 Å². The Hall–Kier alpha value is -1.48. The number of hydrogen-bond donors (Lipinski definition) is 2. The summed E-state index contributed by atoms with van der Waals surface area (Å²) in [6.07, 6.45) is 6.97. The lowest BCUT2D eigenvalue weighted by Crippen LogP contribution is -2.52. The Labute approximate surface area is 143 Å². The van der Waals surface area contributed by atoms with Crippen molar-refractivity contribution in [1.29, 1.82) is 0 Å². The largest absolute Gasteiger partial charge is 0.325 e. The molecule has 1 aromatic carbocycles. The number of hydrogen-bond acceptors (Lipinski definition) is 1. The molecule has 0 spiro atoms. The highest BCUT2D eigenvalue weighted by molar-refractivity contribution is 6.31. The predicted molar refractivity (Wildman–Crippen MR) is 94.5 cm³/mol. The van der Waals surface area contributed by atoms with Crippen molar-refractivity contribution >= 4 is 17.6 Å². The van der Waals surface area contributed by atoms with Crippen molar-refractivity contribution in [3.8, 4) is 0 Å². The van der Waals surface area contributed by atoms with Gasteiger partial charge < -0.3 is 10.6 Å². The molecule has 4 heteroatoms. The van der Waals surface area contributed by atoms with Gasteiger partial charge in [0.1, 0.15) is 0 Å². The maximum atomic E-state index is 11.8. The van der Waals surface area contributed by atoms with E-state index in [1.807, 2.05) is 12.3 Å². The summed E-state index contributed by atoms with van der Waals surface area (Å²) < 4.78 is 0. The minimum absolute atomic E-state index is 0.136. The molecule has 0 saturated heterocycles. The number of nitrogens with one attached hydrogen (secondary N) is 2. The molecular weight excluding hydrogens is 308 g/mol. The van der Waals surface area contributed by atoms with Gasteiger partial charge in [0.05, 0.1) is 5.54 Å². The van der Waals surface area contributed by atoms with Crippen LogP contribution >= 0.6 is 11.6 Å². The molecule has 1 atom stereocenters. The van der Waals surface area contributed by atoms with Gasteiger partial charge in [0.25, 0.3) is 0 Å². The minimum Gasteiger partial charge on any atom is -0.325 e. The maximum Gasteiger partial charge on any atom is 0.319 e. The van der Waals surface area contributed by atoms with Gasteiger partial charge in [-0.3, -0.25) is 0 Å². The lowest BCUT2D eigenvalue weighted by atomic mass is 9.83. The number of aryl methyl sites for hydroxylation is 1. The molecule has 2 aliphatic rings. The van der Waals surface area contributed by atoms with Crippen LogP contribution in [0.2, 0.25) is 5.02 Å². The minimum atomic E-state index is -0.367. The molecule has 124 valence electrons. The van der Waals surface area contributed by atoms with Crippen LogP contribution in [0.1, 0.15) is 57.6 Å². The first-order valence-electron chi connectivity index (χ1n) is 8.37. The van der Waals surface area contributed by atoms with Crippen molar-refractivity contribution in [2.24, 2.45) is 5.41 Å². The van der Waals surface area contributed by atoms with Gasteiger partial charge in [0.2, 0.25) is 0 Å². The second kappa shape index (κ2) is 5.86. The van der Waals surface area contributed by atoms with E-state index in [1.165, 1.54) is 11.1 Å². The molecule has 1 fully saturated rings. The molecule has 1 saturated carbocycles. The summed E-state index contributed by atoms with van der Waals surface area (Å²) in [4.78, 5) is 11.8. The number of amides is 2. The van der Waals surface area contributed by atoms with E-state index in [1.54, 1.807) is 0 Å². The van der Waals surface area contributed by atoms with E-state index in [2.05, 4.69) is 43.5 Å². The van der Waals surface area contributed by atoms with Gasteiger partial charge in [-0.2, -0.15) is 0 Å². The summed E-state index contributed by atoms with van der Waals surface area (Å²) in [5.74, 6) is 0. The van der Waals surface area contributed by atoms with Crippen LogP contribution in [0.25, 0.3) is 0 Å². The second-order valence-electron chi connectivity index (χ2n) is 7.89. The van der Waals surface area contributed by atoms with E-state index < -0.39 is 0 Å². The summed E-state index contributed by atoms with van der Waals surface area (Å²) in [7, 11) is 0. The van der Waals surface area contributed by atoms with Crippen LogP contribution in [0.15, 0.2) is 30.0 Å². The molecule has 1 unspecified atom stereocenters. The van der Waals surface area contributed by atoms with Crippen LogP contribution in [-0.4, -0.2) is 6.03 Å². The quantitative estimate of drug-likeness (QED) is 0.812. The fraction of sp³-hybridized carbons (Fsp3) is 0.526. The smallest absolute Gasteiger partial charge is 0.319 e. The molecule has 3 nitrogen and oxygen atoms in total. The fourth-order valence-electron chi connectivity index (χ4n) is 3.57. The molecule has 0 aromatic heterocycles. The van der Waals surface area contributed by atoms with E-state index in [-0.39, 0.29) is 11.6 Å². The van der Waals surface area contributed by atoms with Gasteiger partial charge in [-0.25, -0.2) is 4.79 Å². The standard InChI is InChI=1S/C19H25ClN2O/c1-18(2,3)10-8-13-6-7-14(11-16(13)20)19-9-4-5-15(19)12-21-17(23)22-19/h6-7,11-12H,4-5,8-10H2,1-3H3,(H2,21,22,23). The predicted octanol–water partition coefficient (Wildman–Crippen LogP) is 4.89. The van der Waals surface area contributed by atoms with Crippen molar-refractivity contribution in [3.05, 3.63) is 46.1 Å². The highest BCUT2D eigenvalue weighted by Crippen LogP contribution is 2.45. The second-order valence-corrected chi connectivity index (χ2v) is 8.30. The Morgan fingerprint density at radius 3 is 2.78 bits per heavy atom. The monoisotopic (exact) mass is 332 g/mol. The third kappa shape index (κ3) is 3.25. The lowest BCUT2D eigenvalue weighted by Gasteiger charge is -2.36. The number of rotatable bonds is 3. The zero-order valence-electron chi connectivity index (χ0n) is 14.1. The average molecular weight is 333 g/mol. The third-order valence-electron chi connectivity index (χ3n) is 4.94. The number of carbonyl (C=O) groups excluding carboxylic acids is 1. The topological polar surface area (TPSA) is 41.1 Å². The van der Waals surface area contributed by atoms with E-state index in [0.717, 1.165) is 42.7 Å². The average Bonchev–Trinajstić information content (AvgIpc) is 2.89. The molecule has 23 heavy (non-hydrogen) atoms. The molecule has 1 heterocycles. The van der Waals surface area contributed by atoms with Crippen molar-refractivity contribution in [2.45, 2.75) is 58.4 Å². The Morgan fingerprint density at radius 1 is 1.30 bits per heavy atom.